The van der Waals surface area contributed by atoms with E-state index in [0.29, 0.717) is 65.3 Å². The number of nitrogens with two attached hydrogens (primary N) is 1. The van der Waals surface area contributed by atoms with Gasteiger partial charge in [-0.1, -0.05) is 28.9 Å². The topological polar surface area (TPSA) is 153 Å². The lowest BCUT2D eigenvalue weighted by Crippen LogP contribution is -2.43. The van der Waals surface area contributed by atoms with Crippen molar-refractivity contribution in [3.8, 4) is 17.4 Å². The van der Waals surface area contributed by atoms with E-state index in [1.165, 1.54) is 18.3 Å². The Balaban J connectivity index is 1.16. The molecule has 0 unspecified atom stereocenters. The van der Waals surface area contributed by atoms with Gasteiger partial charge < -0.3 is 24.8 Å². The summed E-state index contributed by atoms with van der Waals surface area (Å²) in [7, 11) is 1.84. The highest BCUT2D eigenvalue weighted by molar-refractivity contribution is 6.36. The summed E-state index contributed by atoms with van der Waals surface area (Å²) in [6.45, 7) is 3.89. The predicted molar refractivity (Wildman–Crippen MR) is 187 cm³/mol. The van der Waals surface area contributed by atoms with Gasteiger partial charge in [-0.15, -0.1) is 0 Å². The summed E-state index contributed by atoms with van der Waals surface area (Å²) in [5, 5.41) is 5.64. The molecular weight excluding hydrogens is 682 g/mol. The van der Waals surface area contributed by atoms with Gasteiger partial charge in [-0.2, -0.15) is 15.0 Å². The number of aryl methyl sites for hydroxylation is 1. The maximum absolute atomic E-state index is 16.9. The third-order valence-electron chi connectivity index (χ3n) is 10.2. The Labute approximate surface area is 296 Å². The standard InChI is InChI=1S/C35H35ClF2N10O3/c1-19-41-26(51-45-19)7-8-27(49)47-12-9-22(17-47)46(2)33-23-15-40-32(31-28-20(13-25(39)42-31)5-3-6-24(28)36)29(38)30(23)43-34(44-33)50-18-35-10-4-11-48(35)16-21(37)14-35/h3,5-8,13,15,21-22H,4,9-12,14,16-18H2,1-2H3,(H2,39,42)/b8-7+/t21-,22-,35+/m1/s1. The van der Waals surface area contributed by atoms with Crippen molar-refractivity contribution in [3.05, 3.63) is 59.1 Å². The van der Waals surface area contributed by atoms with Crippen LogP contribution in [0.2, 0.25) is 5.02 Å². The second kappa shape index (κ2) is 12.9. The number of amides is 1. The molecule has 3 atom stereocenters. The van der Waals surface area contributed by atoms with Gasteiger partial charge in [-0.05, 0) is 50.2 Å². The summed E-state index contributed by atoms with van der Waals surface area (Å²) in [5.74, 6) is 0.316. The SMILES string of the molecule is Cc1noc(/C=C/C(=O)N2CC[C@@H](N(C)c3nc(OC[C@@]45CCCN4C[C@H](F)C5)nc4c(F)c(-c5nc(N)cc6cccc(Cl)c56)ncc34)C2)n1. The van der Waals surface area contributed by atoms with Crippen LogP contribution in [0.5, 0.6) is 6.01 Å². The van der Waals surface area contributed by atoms with E-state index in [2.05, 4.69) is 30.0 Å². The lowest BCUT2D eigenvalue weighted by atomic mass is 9.95. The summed E-state index contributed by atoms with van der Waals surface area (Å²) >= 11 is 6.59. The third kappa shape index (κ3) is 6.07. The number of likely N-dealkylation sites (tertiary alicyclic amines) is 1. The first kappa shape index (κ1) is 33.1. The molecule has 3 fully saturated rings. The van der Waals surface area contributed by atoms with Crippen molar-refractivity contribution in [2.24, 2.45) is 0 Å². The fraction of sp³-hybridized carbons (Fsp3) is 0.400. The van der Waals surface area contributed by atoms with E-state index in [9.17, 15) is 9.18 Å². The molecule has 16 heteroatoms. The van der Waals surface area contributed by atoms with E-state index in [0.717, 1.165) is 19.4 Å². The van der Waals surface area contributed by atoms with E-state index >= 15 is 4.39 Å². The van der Waals surface area contributed by atoms with Gasteiger partial charge in [0.25, 0.3) is 5.89 Å². The Morgan fingerprint density at radius 2 is 2.08 bits per heavy atom. The Morgan fingerprint density at radius 3 is 2.90 bits per heavy atom. The number of rotatable bonds is 8. The molecule has 8 rings (SSSR count). The molecule has 3 saturated heterocycles. The molecule has 3 aliphatic heterocycles. The maximum Gasteiger partial charge on any atom is 0.319 e. The smallest absolute Gasteiger partial charge is 0.319 e. The zero-order chi connectivity index (χ0) is 35.4. The first-order chi connectivity index (χ1) is 24.6. The van der Waals surface area contributed by atoms with E-state index < -0.39 is 17.5 Å². The number of nitrogen functional groups attached to an aromatic ring is 1. The Kier molecular flexibility index (Phi) is 8.41. The molecule has 51 heavy (non-hydrogen) atoms. The minimum atomic E-state index is -0.939. The van der Waals surface area contributed by atoms with Crippen LogP contribution in [-0.2, 0) is 4.79 Å². The number of hydrogen-bond donors (Lipinski definition) is 1. The molecule has 3 aliphatic rings. The average Bonchev–Trinajstić information content (AvgIpc) is 3.90. The molecule has 5 aromatic rings. The zero-order valence-corrected chi connectivity index (χ0v) is 28.8. The van der Waals surface area contributed by atoms with Crippen molar-refractivity contribution in [1.82, 2.24) is 39.9 Å². The van der Waals surface area contributed by atoms with Gasteiger partial charge in [0.05, 0.1) is 15.9 Å². The largest absolute Gasteiger partial charge is 0.461 e. The minimum Gasteiger partial charge on any atom is -0.461 e. The van der Waals surface area contributed by atoms with Gasteiger partial charge in [0.15, 0.2) is 11.6 Å². The predicted octanol–water partition coefficient (Wildman–Crippen LogP) is 5.01. The summed E-state index contributed by atoms with van der Waals surface area (Å²) in [5.41, 5.74) is 5.74. The molecule has 2 N–H and O–H groups in total. The van der Waals surface area contributed by atoms with Crippen LogP contribution in [0.15, 0.2) is 41.1 Å². The van der Waals surface area contributed by atoms with E-state index in [1.807, 2.05) is 18.0 Å². The zero-order valence-electron chi connectivity index (χ0n) is 28.0. The fourth-order valence-corrected chi connectivity index (χ4v) is 7.96. The summed E-state index contributed by atoms with van der Waals surface area (Å²) < 4.78 is 42.8. The second-order valence-corrected chi connectivity index (χ2v) is 13.9. The molecule has 264 valence electrons. The molecule has 0 radical (unpaired) electrons. The number of nitrogens with zero attached hydrogens (tertiary/aromatic N) is 9. The maximum atomic E-state index is 16.9. The van der Waals surface area contributed by atoms with Gasteiger partial charge in [-0.3, -0.25) is 14.7 Å². The van der Waals surface area contributed by atoms with E-state index in [-0.39, 0.29) is 53.2 Å². The number of benzene rings is 1. The molecule has 4 aromatic heterocycles. The Bertz CT molecular complexity index is 2200. The number of alkyl halides is 1. The van der Waals surface area contributed by atoms with Crippen LogP contribution in [0, 0.1) is 12.7 Å². The number of halogens is 3. The lowest BCUT2D eigenvalue weighted by molar-refractivity contribution is -0.124. The number of likely N-dealkylation sites (N-methyl/N-ethyl adjacent to an activating group) is 1. The van der Waals surface area contributed by atoms with Crippen molar-refractivity contribution < 1.29 is 22.8 Å². The Hall–Kier alpha value is -5.02. The fourth-order valence-electron chi connectivity index (χ4n) is 7.69. The van der Waals surface area contributed by atoms with Crippen LogP contribution in [0.3, 0.4) is 0 Å². The van der Waals surface area contributed by atoms with Gasteiger partial charge in [0.2, 0.25) is 5.91 Å². The van der Waals surface area contributed by atoms with Crippen molar-refractivity contribution >= 4 is 56.9 Å². The average molecular weight is 717 g/mol. The van der Waals surface area contributed by atoms with Gasteiger partial charge in [0.1, 0.15) is 41.3 Å². The number of carbonyl (C=O) groups is 1. The summed E-state index contributed by atoms with van der Waals surface area (Å²) in [4.78, 5) is 41.2. The van der Waals surface area contributed by atoms with Crippen LogP contribution in [-0.4, -0.2) is 103 Å². The molecule has 7 heterocycles. The minimum absolute atomic E-state index is 0.0319. The van der Waals surface area contributed by atoms with Crippen LogP contribution in [0.1, 0.15) is 37.4 Å². The molecule has 0 saturated carbocycles. The highest BCUT2D eigenvalue weighted by atomic mass is 35.5. The van der Waals surface area contributed by atoms with Crippen LogP contribution >= 0.6 is 11.6 Å². The number of pyridine rings is 2. The molecule has 13 nitrogen and oxygen atoms in total. The van der Waals surface area contributed by atoms with Gasteiger partial charge in [-0.25, -0.2) is 13.8 Å². The first-order valence-electron chi connectivity index (χ1n) is 16.8. The monoisotopic (exact) mass is 716 g/mol. The van der Waals surface area contributed by atoms with Crippen LogP contribution in [0.4, 0.5) is 20.4 Å². The van der Waals surface area contributed by atoms with Crippen molar-refractivity contribution in [2.45, 2.75) is 50.4 Å². The molecule has 0 bridgehead atoms. The number of carbonyl (C=O) groups excluding carboxylic acids is 1. The van der Waals surface area contributed by atoms with Gasteiger partial charge in [0, 0.05) is 62.9 Å². The molecule has 1 aromatic carbocycles. The van der Waals surface area contributed by atoms with Crippen LogP contribution in [0.25, 0.3) is 39.1 Å². The first-order valence-corrected chi connectivity index (χ1v) is 17.2. The number of anilines is 2. The normalized spacial score (nSPS) is 22.1. The lowest BCUT2D eigenvalue weighted by Gasteiger charge is -2.31. The molecule has 0 aliphatic carbocycles. The summed E-state index contributed by atoms with van der Waals surface area (Å²) in [6, 6.07) is 6.73. The Morgan fingerprint density at radius 1 is 1.22 bits per heavy atom. The highest BCUT2D eigenvalue weighted by Gasteiger charge is 2.49. The number of fused-ring (bicyclic) bond motifs is 3. The second-order valence-electron chi connectivity index (χ2n) is 13.5. The number of hydrogen-bond acceptors (Lipinski definition) is 12. The third-order valence-corrected chi connectivity index (χ3v) is 10.5. The van der Waals surface area contributed by atoms with Crippen molar-refractivity contribution in [2.75, 3.05) is 50.5 Å². The van der Waals surface area contributed by atoms with Crippen molar-refractivity contribution in [3.63, 3.8) is 0 Å². The van der Waals surface area contributed by atoms with Crippen LogP contribution < -0.4 is 15.4 Å². The summed E-state index contributed by atoms with van der Waals surface area (Å²) in [6.07, 6.45) is 6.17. The quantitative estimate of drug-likeness (QED) is 0.215. The molecule has 0 spiro atoms. The number of aromatic nitrogens is 6. The molecule has 1 amide bonds. The number of ether oxygens (including phenoxy) is 1. The van der Waals surface area contributed by atoms with Gasteiger partial charge >= 0.3 is 6.01 Å². The molecular formula is C35H35ClF2N10O3. The highest BCUT2D eigenvalue weighted by Crippen LogP contribution is 2.41. The van der Waals surface area contributed by atoms with E-state index in [4.69, 9.17) is 31.6 Å². The van der Waals surface area contributed by atoms with Crippen molar-refractivity contribution in [1.29, 1.82) is 0 Å². The van der Waals surface area contributed by atoms with E-state index in [1.54, 1.807) is 30.0 Å².